The van der Waals surface area contributed by atoms with Crippen molar-refractivity contribution in [3.05, 3.63) is 10.1 Å². The smallest absolute Gasteiger partial charge is 0.307 e. The Morgan fingerprint density at radius 1 is 1.69 bits per heavy atom. The molecule has 1 spiro atoms. The molecule has 4 atom stereocenters. The molecule has 0 bridgehead atoms. The summed E-state index contributed by atoms with van der Waals surface area (Å²) in [5, 5.41) is 19.5. The zero-order chi connectivity index (χ0) is 12.1. The molecule has 0 aliphatic heterocycles. The summed E-state index contributed by atoms with van der Waals surface area (Å²) in [6, 6.07) is 0. The largest absolute Gasteiger partial charge is 0.481 e. The third-order valence-electron chi connectivity index (χ3n) is 4.02. The molecule has 2 saturated carbocycles. The van der Waals surface area contributed by atoms with Gasteiger partial charge in [-0.2, -0.15) is 0 Å². The van der Waals surface area contributed by atoms with Gasteiger partial charge in [-0.05, 0) is 12.3 Å². The molecule has 0 heterocycles. The average molecular weight is 227 g/mol. The van der Waals surface area contributed by atoms with E-state index in [1.807, 2.05) is 0 Å². The predicted octanol–water partition coefficient (Wildman–Crippen LogP) is 0.579. The molecule has 6 nitrogen and oxygen atoms in total. The number of hydrogen-bond acceptors (Lipinski definition) is 4. The summed E-state index contributed by atoms with van der Waals surface area (Å²) >= 11 is 0. The molecular weight excluding hydrogens is 214 g/mol. The number of hydrogen-bond donors (Lipinski definition) is 1. The summed E-state index contributed by atoms with van der Waals surface area (Å²) in [7, 11) is 0. The van der Waals surface area contributed by atoms with E-state index in [0.29, 0.717) is 0 Å². The maximum absolute atomic E-state index is 11.8. The third-order valence-corrected chi connectivity index (χ3v) is 4.02. The minimum absolute atomic E-state index is 0.0813. The zero-order valence-electron chi connectivity index (χ0n) is 8.88. The molecule has 0 aromatic rings. The first-order valence-electron chi connectivity index (χ1n) is 5.27. The summed E-state index contributed by atoms with van der Waals surface area (Å²) in [4.78, 5) is 32.8. The van der Waals surface area contributed by atoms with Gasteiger partial charge in [-0.25, -0.2) is 0 Å². The van der Waals surface area contributed by atoms with Gasteiger partial charge in [0.25, 0.3) is 0 Å². The Hall–Kier alpha value is -1.46. The van der Waals surface area contributed by atoms with Crippen LogP contribution in [-0.4, -0.2) is 28.3 Å². The number of rotatable bonds is 3. The maximum Gasteiger partial charge on any atom is 0.307 e. The van der Waals surface area contributed by atoms with Crippen molar-refractivity contribution in [2.24, 2.45) is 23.2 Å². The van der Waals surface area contributed by atoms with E-state index in [9.17, 15) is 19.7 Å². The number of carbonyl (C=O) groups is 2. The zero-order valence-corrected chi connectivity index (χ0v) is 8.88. The van der Waals surface area contributed by atoms with Gasteiger partial charge < -0.3 is 5.11 Å². The first kappa shape index (κ1) is 11.0. The molecule has 0 saturated heterocycles. The molecule has 2 fully saturated rings. The molecule has 0 amide bonds. The Balaban J connectivity index is 2.25. The Morgan fingerprint density at radius 3 is 2.75 bits per heavy atom. The second kappa shape index (κ2) is 3.26. The highest BCUT2D eigenvalue weighted by atomic mass is 16.6. The fourth-order valence-corrected chi connectivity index (χ4v) is 3.15. The molecule has 1 N–H and O–H groups in total. The van der Waals surface area contributed by atoms with Gasteiger partial charge in [-0.15, -0.1) is 0 Å². The van der Waals surface area contributed by atoms with Crippen LogP contribution in [0.5, 0.6) is 0 Å². The maximum atomic E-state index is 11.8. The number of carboxylic acid groups (broad SMARTS) is 1. The molecule has 88 valence electrons. The summed E-state index contributed by atoms with van der Waals surface area (Å²) in [6.45, 7) is 1.49. The first-order valence-corrected chi connectivity index (χ1v) is 5.27. The standard InChI is InChI=1S/C10H13NO5/c1-5-2-8(12)10(3-6(10)9(13)14)7(5)4-11(15)16/h5-7H,2-4H2,1H3,(H,13,14)/t5-,6-,7+,10+/m0/s1. The quantitative estimate of drug-likeness (QED) is 0.561. The minimum Gasteiger partial charge on any atom is -0.481 e. The Morgan fingerprint density at radius 2 is 2.31 bits per heavy atom. The number of aliphatic carboxylic acids is 1. The predicted molar refractivity (Wildman–Crippen MR) is 52.3 cm³/mol. The SMILES string of the molecule is C[C@H]1CC(=O)[C@@]2(C[C@H]2C(=O)O)[C@@H]1C[N+](=O)[O-]. The van der Waals surface area contributed by atoms with Crippen LogP contribution in [0.25, 0.3) is 0 Å². The third kappa shape index (κ3) is 1.32. The lowest BCUT2D eigenvalue weighted by Gasteiger charge is -2.16. The molecule has 0 aromatic heterocycles. The van der Waals surface area contributed by atoms with Gasteiger partial charge in [-0.1, -0.05) is 6.92 Å². The van der Waals surface area contributed by atoms with Gasteiger partial charge in [0, 0.05) is 17.3 Å². The summed E-state index contributed by atoms with van der Waals surface area (Å²) in [6.07, 6.45) is 0.562. The van der Waals surface area contributed by atoms with Crippen molar-refractivity contribution >= 4 is 11.8 Å². The summed E-state index contributed by atoms with van der Waals surface area (Å²) in [5.41, 5.74) is -0.918. The van der Waals surface area contributed by atoms with Crippen molar-refractivity contribution < 1.29 is 19.6 Å². The highest BCUT2D eigenvalue weighted by molar-refractivity contribution is 5.97. The molecule has 2 aliphatic rings. The van der Waals surface area contributed by atoms with E-state index >= 15 is 0 Å². The molecule has 2 rings (SSSR count). The second-order valence-electron chi connectivity index (χ2n) is 4.86. The van der Waals surface area contributed by atoms with Crippen molar-refractivity contribution in [3.63, 3.8) is 0 Å². The van der Waals surface area contributed by atoms with Crippen LogP contribution in [0.4, 0.5) is 0 Å². The van der Waals surface area contributed by atoms with Gasteiger partial charge in [-0.3, -0.25) is 19.7 Å². The fraction of sp³-hybridized carbons (Fsp3) is 0.800. The number of nitro groups is 1. The van der Waals surface area contributed by atoms with Crippen LogP contribution in [0.15, 0.2) is 0 Å². The number of carboxylic acids is 1. The van der Waals surface area contributed by atoms with Crippen molar-refractivity contribution in [2.75, 3.05) is 6.54 Å². The summed E-state index contributed by atoms with van der Waals surface area (Å²) in [5.74, 6) is -2.29. The Kier molecular flexibility index (Phi) is 2.25. The number of Topliss-reactive ketones (excluding diaryl/α,β-unsaturated/α-hetero) is 1. The van der Waals surface area contributed by atoms with Gasteiger partial charge in [0.15, 0.2) is 0 Å². The Bertz CT molecular complexity index is 379. The van der Waals surface area contributed by atoms with Crippen molar-refractivity contribution in [3.8, 4) is 0 Å². The highest BCUT2D eigenvalue weighted by Gasteiger charge is 2.72. The fourth-order valence-electron chi connectivity index (χ4n) is 3.15. The van der Waals surface area contributed by atoms with Crippen molar-refractivity contribution in [1.82, 2.24) is 0 Å². The molecule has 6 heteroatoms. The first-order chi connectivity index (χ1) is 7.39. The molecule has 2 aliphatic carbocycles. The second-order valence-corrected chi connectivity index (χ2v) is 4.86. The lowest BCUT2D eigenvalue weighted by molar-refractivity contribution is -0.491. The van der Waals surface area contributed by atoms with E-state index in [0.717, 1.165) is 0 Å². The normalized spacial score (nSPS) is 41.3. The molecule has 0 radical (unpaired) electrons. The van der Waals surface area contributed by atoms with E-state index in [1.54, 1.807) is 6.92 Å². The minimum atomic E-state index is -1.00. The van der Waals surface area contributed by atoms with Crippen LogP contribution in [0.2, 0.25) is 0 Å². The van der Waals surface area contributed by atoms with Crippen LogP contribution in [-0.2, 0) is 9.59 Å². The van der Waals surface area contributed by atoms with Crippen LogP contribution in [0, 0.1) is 33.3 Å². The van der Waals surface area contributed by atoms with Crippen LogP contribution in [0.1, 0.15) is 19.8 Å². The Labute approximate surface area is 91.8 Å². The monoisotopic (exact) mass is 227 g/mol. The van der Waals surface area contributed by atoms with E-state index in [-0.39, 0.29) is 31.1 Å². The van der Waals surface area contributed by atoms with E-state index in [1.165, 1.54) is 0 Å². The number of ketones is 1. The average Bonchev–Trinajstić information content (AvgIpc) is 2.84. The summed E-state index contributed by atoms with van der Waals surface area (Å²) < 4.78 is 0. The number of nitrogens with zero attached hydrogens (tertiary/aromatic N) is 1. The van der Waals surface area contributed by atoms with Gasteiger partial charge in [0.2, 0.25) is 6.54 Å². The van der Waals surface area contributed by atoms with Crippen molar-refractivity contribution in [1.29, 1.82) is 0 Å². The van der Waals surface area contributed by atoms with Crippen LogP contribution >= 0.6 is 0 Å². The lowest BCUT2D eigenvalue weighted by Crippen LogP contribution is -2.29. The van der Waals surface area contributed by atoms with Crippen LogP contribution in [0.3, 0.4) is 0 Å². The molecule has 16 heavy (non-hydrogen) atoms. The topological polar surface area (TPSA) is 97.5 Å². The van der Waals surface area contributed by atoms with Crippen molar-refractivity contribution in [2.45, 2.75) is 19.8 Å². The molecule has 0 unspecified atom stereocenters. The lowest BCUT2D eigenvalue weighted by atomic mass is 9.85. The van der Waals surface area contributed by atoms with Gasteiger partial charge in [0.1, 0.15) is 5.78 Å². The number of carbonyl (C=O) groups excluding carboxylic acids is 1. The highest BCUT2D eigenvalue weighted by Crippen LogP contribution is 2.65. The van der Waals surface area contributed by atoms with E-state index in [2.05, 4.69) is 0 Å². The van der Waals surface area contributed by atoms with Gasteiger partial charge in [0.05, 0.1) is 11.3 Å². The van der Waals surface area contributed by atoms with E-state index < -0.39 is 28.1 Å². The van der Waals surface area contributed by atoms with Crippen LogP contribution < -0.4 is 0 Å². The molecular formula is C10H13NO5. The van der Waals surface area contributed by atoms with E-state index in [4.69, 9.17) is 5.11 Å². The van der Waals surface area contributed by atoms with Gasteiger partial charge >= 0.3 is 5.97 Å². The molecule has 0 aromatic carbocycles.